The summed E-state index contributed by atoms with van der Waals surface area (Å²) < 4.78 is 0. The summed E-state index contributed by atoms with van der Waals surface area (Å²) in [6, 6.07) is 8.84. The molecule has 1 aromatic carbocycles. The number of phenols is 1. The highest BCUT2D eigenvalue weighted by Gasteiger charge is 2.28. The number of hydrogen-bond acceptors (Lipinski definition) is 4. The number of benzene rings is 1. The van der Waals surface area contributed by atoms with Crippen molar-refractivity contribution in [2.75, 3.05) is 39.3 Å². The van der Waals surface area contributed by atoms with Crippen LogP contribution in [0.2, 0.25) is 0 Å². The minimum atomic E-state index is 0.381. The molecular weight excluding hydrogens is 274 g/mol. The van der Waals surface area contributed by atoms with E-state index in [1.54, 1.807) is 6.07 Å². The molecule has 0 saturated carbocycles. The third-order valence-electron chi connectivity index (χ3n) is 5.11. The zero-order valence-electron chi connectivity index (χ0n) is 13.7. The number of phenolic OH excluding ortho intramolecular Hbond substituents is 1. The number of nitrogens with zero attached hydrogens (tertiary/aromatic N) is 2. The van der Waals surface area contributed by atoms with Crippen LogP contribution in [0.4, 0.5) is 0 Å². The molecule has 2 unspecified atom stereocenters. The Balaban J connectivity index is 1.78. The molecule has 122 valence electrons. The van der Waals surface area contributed by atoms with E-state index in [0.29, 0.717) is 17.8 Å². The van der Waals surface area contributed by atoms with Crippen LogP contribution in [-0.4, -0.2) is 60.2 Å². The van der Waals surface area contributed by atoms with Gasteiger partial charge in [-0.05, 0) is 50.0 Å². The second-order valence-electron chi connectivity index (χ2n) is 6.67. The average Bonchev–Trinajstić information content (AvgIpc) is 3.06. The highest BCUT2D eigenvalue weighted by molar-refractivity contribution is 5.30. The first-order chi connectivity index (χ1) is 10.8. The van der Waals surface area contributed by atoms with Gasteiger partial charge in [0.25, 0.3) is 0 Å². The predicted octanol–water partition coefficient (Wildman–Crippen LogP) is 2.21. The van der Waals surface area contributed by atoms with Gasteiger partial charge in [-0.25, -0.2) is 0 Å². The van der Waals surface area contributed by atoms with Gasteiger partial charge in [-0.3, -0.25) is 4.90 Å². The van der Waals surface area contributed by atoms with Gasteiger partial charge in [0.2, 0.25) is 0 Å². The first-order valence-electron chi connectivity index (χ1n) is 8.75. The molecule has 2 N–H and O–H groups in total. The second-order valence-corrected chi connectivity index (χ2v) is 6.67. The van der Waals surface area contributed by atoms with Crippen molar-refractivity contribution in [2.24, 2.45) is 0 Å². The summed E-state index contributed by atoms with van der Waals surface area (Å²) in [5, 5.41) is 13.5. The molecular formula is C18H29N3O. The first-order valence-corrected chi connectivity index (χ1v) is 8.75. The van der Waals surface area contributed by atoms with E-state index in [0.717, 1.165) is 26.2 Å². The van der Waals surface area contributed by atoms with Crippen molar-refractivity contribution >= 4 is 0 Å². The lowest BCUT2D eigenvalue weighted by Crippen LogP contribution is -2.52. The van der Waals surface area contributed by atoms with Gasteiger partial charge in [0.1, 0.15) is 5.75 Å². The van der Waals surface area contributed by atoms with E-state index < -0.39 is 0 Å². The molecule has 0 bridgehead atoms. The zero-order valence-corrected chi connectivity index (χ0v) is 13.7. The van der Waals surface area contributed by atoms with Gasteiger partial charge in [0, 0.05) is 38.3 Å². The summed E-state index contributed by atoms with van der Waals surface area (Å²) in [7, 11) is 0. The van der Waals surface area contributed by atoms with Gasteiger partial charge < -0.3 is 15.3 Å². The molecule has 2 atom stereocenters. The zero-order chi connectivity index (χ0) is 15.4. The fourth-order valence-electron chi connectivity index (χ4n) is 3.78. The third-order valence-corrected chi connectivity index (χ3v) is 5.11. The van der Waals surface area contributed by atoms with Crippen LogP contribution >= 0.6 is 0 Å². The average molecular weight is 303 g/mol. The predicted molar refractivity (Wildman–Crippen MR) is 90.2 cm³/mol. The normalized spacial score (nSPS) is 25.4. The van der Waals surface area contributed by atoms with Crippen molar-refractivity contribution in [3.63, 3.8) is 0 Å². The number of nitrogens with one attached hydrogen (secondary N) is 1. The molecule has 0 aliphatic carbocycles. The Bertz CT molecular complexity index is 473. The van der Waals surface area contributed by atoms with Crippen molar-refractivity contribution in [1.29, 1.82) is 0 Å². The van der Waals surface area contributed by atoms with E-state index in [4.69, 9.17) is 0 Å². The van der Waals surface area contributed by atoms with Crippen molar-refractivity contribution in [3.05, 3.63) is 29.8 Å². The van der Waals surface area contributed by atoms with Crippen LogP contribution in [0, 0.1) is 0 Å². The number of piperazine rings is 1. The molecule has 22 heavy (non-hydrogen) atoms. The van der Waals surface area contributed by atoms with Crippen molar-refractivity contribution in [3.8, 4) is 5.75 Å². The molecule has 4 nitrogen and oxygen atoms in total. The van der Waals surface area contributed by atoms with Crippen LogP contribution < -0.4 is 5.32 Å². The Kier molecular flexibility index (Phi) is 5.34. The van der Waals surface area contributed by atoms with Crippen molar-refractivity contribution < 1.29 is 5.11 Å². The van der Waals surface area contributed by atoms with E-state index in [-0.39, 0.29) is 0 Å². The second kappa shape index (κ2) is 7.44. The monoisotopic (exact) mass is 303 g/mol. The molecule has 4 heteroatoms. The van der Waals surface area contributed by atoms with Gasteiger partial charge in [0.05, 0.1) is 0 Å². The van der Waals surface area contributed by atoms with E-state index in [9.17, 15) is 5.11 Å². The van der Waals surface area contributed by atoms with Crippen LogP contribution in [0.1, 0.15) is 37.8 Å². The summed E-state index contributed by atoms with van der Waals surface area (Å²) in [4.78, 5) is 5.19. The summed E-state index contributed by atoms with van der Waals surface area (Å²) in [6.45, 7) is 9.03. The van der Waals surface area contributed by atoms with E-state index in [1.165, 1.54) is 37.9 Å². The Hall–Kier alpha value is -1.10. The Morgan fingerprint density at radius 3 is 2.82 bits per heavy atom. The molecule has 0 aromatic heterocycles. The van der Waals surface area contributed by atoms with E-state index in [1.807, 2.05) is 12.1 Å². The number of aromatic hydroxyl groups is 1. The Morgan fingerprint density at radius 1 is 1.27 bits per heavy atom. The van der Waals surface area contributed by atoms with Gasteiger partial charge >= 0.3 is 0 Å². The summed E-state index contributed by atoms with van der Waals surface area (Å²) in [6.07, 6.45) is 3.82. The van der Waals surface area contributed by atoms with Crippen LogP contribution in [0.15, 0.2) is 24.3 Å². The number of hydrogen-bond donors (Lipinski definition) is 2. The molecule has 2 aliphatic heterocycles. The minimum Gasteiger partial charge on any atom is -0.508 e. The van der Waals surface area contributed by atoms with Gasteiger partial charge in [-0.1, -0.05) is 19.1 Å². The molecule has 0 radical (unpaired) electrons. The lowest BCUT2D eigenvalue weighted by Gasteiger charge is -2.40. The highest BCUT2D eigenvalue weighted by Crippen LogP contribution is 2.27. The molecule has 0 spiro atoms. The van der Waals surface area contributed by atoms with Gasteiger partial charge in [0.15, 0.2) is 0 Å². The summed E-state index contributed by atoms with van der Waals surface area (Å²) in [5.41, 5.74) is 1.25. The third kappa shape index (κ3) is 3.80. The molecule has 1 aromatic rings. The fourth-order valence-corrected chi connectivity index (χ4v) is 3.78. The molecule has 2 heterocycles. The topological polar surface area (TPSA) is 38.7 Å². The highest BCUT2D eigenvalue weighted by atomic mass is 16.3. The SMILES string of the molecule is CCC1CN(C(CN2CCCC2)c2cccc(O)c2)CCN1. The maximum Gasteiger partial charge on any atom is 0.115 e. The summed E-state index contributed by atoms with van der Waals surface area (Å²) in [5.74, 6) is 0.381. The largest absolute Gasteiger partial charge is 0.508 e. The first kappa shape index (κ1) is 15.8. The summed E-state index contributed by atoms with van der Waals surface area (Å²) >= 11 is 0. The maximum atomic E-state index is 9.87. The lowest BCUT2D eigenvalue weighted by atomic mass is 10.0. The van der Waals surface area contributed by atoms with Gasteiger partial charge in [-0.2, -0.15) is 0 Å². The fraction of sp³-hybridized carbons (Fsp3) is 0.667. The minimum absolute atomic E-state index is 0.381. The standard InChI is InChI=1S/C18H29N3O/c1-2-16-13-21(11-8-19-16)18(14-20-9-3-4-10-20)15-6-5-7-17(22)12-15/h5-7,12,16,18-19,22H,2-4,8-11,13-14H2,1H3. The number of likely N-dealkylation sites (tertiary alicyclic amines) is 1. The van der Waals surface area contributed by atoms with E-state index >= 15 is 0 Å². The van der Waals surface area contributed by atoms with E-state index in [2.05, 4.69) is 28.1 Å². The smallest absolute Gasteiger partial charge is 0.115 e. The maximum absolute atomic E-state index is 9.87. The molecule has 2 fully saturated rings. The Labute approximate surface area is 134 Å². The van der Waals surface area contributed by atoms with Crippen LogP contribution in [0.25, 0.3) is 0 Å². The van der Waals surface area contributed by atoms with Crippen LogP contribution in [-0.2, 0) is 0 Å². The van der Waals surface area contributed by atoms with Crippen LogP contribution in [0.5, 0.6) is 5.75 Å². The molecule has 2 saturated heterocycles. The molecule has 3 rings (SSSR count). The number of rotatable bonds is 5. The molecule has 2 aliphatic rings. The lowest BCUT2D eigenvalue weighted by molar-refractivity contribution is 0.112. The van der Waals surface area contributed by atoms with Crippen LogP contribution in [0.3, 0.4) is 0 Å². The Morgan fingerprint density at radius 2 is 2.09 bits per heavy atom. The van der Waals surface area contributed by atoms with Gasteiger partial charge in [-0.15, -0.1) is 0 Å². The van der Waals surface area contributed by atoms with Crippen molar-refractivity contribution in [2.45, 2.75) is 38.3 Å². The van der Waals surface area contributed by atoms with Crippen molar-refractivity contribution in [1.82, 2.24) is 15.1 Å². The molecule has 0 amide bonds. The quantitative estimate of drug-likeness (QED) is 0.875.